The normalized spacial score (nSPS) is 17.1. The second-order valence-corrected chi connectivity index (χ2v) is 18.9. The van der Waals surface area contributed by atoms with Crippen molar-refractivity contribution in [2.75, 3.05) is 73.0 Å². The number of carbonyl (C=O) groups is 2. The van der Waals surface area contributed by atoms with Crippen LogP contribution in [0.5, 0.6) is 0 Å². The van der Waals surface area contributed by atoms with Gasteiger partial charge in [0, 0.05) is 31.7 Å². The predicted octanol–water partition coefficient (Wildman–Crippen LogP) is 5.84. The first-order valence-corrected chi connectivity index (χ1v) is 23.3. The van der Waals surface area contributed by atoms with Gasteiger partial charge in [-0.05, 0) is 86.3 Å². The summed E-state index contributed by atoms with van der Waals surface area (Å²) in [6, 6.07) is 31.4. The number of anilines is 2. The van der Waals surface area contributed by atoms with Crippen molar-refractivity contribution in [1.29, 1.82) is 0 Å². The Bertz CT molecular complexity index is 2030. The van der Waals surface area contributed by atoms with Gasteiger partial charge in [0.05, 0.1) is 55.2 Å². The Morgan fingerprint density at radius 3 is 1.40 bits per heavy atom. The average molecular weight is 868 g/mol. The number of benzene rings is 4. The van der Waals surface area contributed by atoms with E-state index in [0.717, 1.165) is 11.1 Å². The molecular formula is C44H55F2N5O7S2. The van der Waals surface area contributed by atoms with Crippen LogP contribution in [0, 0.1) is 0 Å². The molecule has 2 N–H and O–H groups in total. The zero-order valence-corrected chi connectivity index (χ0v) is 35.6. The minimum Gasteiger partial charge on any atom is -0.465 e. The molecule has 0 saturated carbocycles. The molecular weight excluding hydrogens is 813 g/mol. The van der Waals surface area contributed by atoms with Gasteiger partial charge in [-0.1, -0.05) is 72.8 Å². The number of carbonyl (C=O) groups excluding carboxylic acids is 2. The van der Waals surface area contributed by atoms with Gasteiger partial charge in [0.15, 0.2) is 5.78 Å². The number of alkyl halides is 2. The van der Waals surface area contributed by atoms with Crippen LogP contribution in [0.25, 0.3) is 0 Å². The summed E-state index contributed by atoms with van der Waals surface area (Å²) in [6.07, 6.45) is 0.310. The number of ether oxygens (including phenoxy) is 1. The molecule has 0 aliphatic carbocycles. The number of likely N-dealkylation sites (tertiary alicyclic amines) is 2. The highest BCUT2D eigenvalue weighted by Crippen LogP contribution is 2.24. The van der Waals surface area contributed by atoms with Crippen molar-refractivity contribution in [3.05, 3.63) is 131 Å². The maximum atomic E-state index is 13.3. The predicted molar refractivity (Wildman–Crippen MR) is 232 cm³/mol. The molecule has 0 spiro atoms. The second-order valence-electron chi connectivity index (χ2n) is 14.9. The topological polar surface area (TPSA) is 151 Å². The number of rotatable bonds is 19. The Morgan fingerprint density at radius 2 is 1.05 bits per heavy atom. The molecule has 2 atom stereocenters. The summed E-state index contributed by atoms with van der Waals surface area (Å²) < 4.78 is 86.8. The lowest BCUT2D eigenvalue weighted by Gasteiger charge is -2.25. The number of halogens is 2. The first-order valence-electron chi connectivity index (χ1n) is 20.1. The summed E-state index contributed by atoms with van der Waals surface area (Å²) >= 11 is 0. The molecule has 12 nitrogen and oxygen atoms in total. The van der Waals surface area contributed by atoms with E-state index in [4.69, 9.17) is 10.5 Å². The molecule has 0 aromatic heterocycles. The smallest absolute Gasteiger partial charge is 0.337 e. The van der Waals surface area contributed by atoms with Gasteiger partial charge in [-0.2, -0.15) is 0 Å². The van der Waals surface area contributed by atoms with E-state index < -0.39 is 38.4 Å². The maximum absolute atomic E-state index is 13.3. The standard InChI is InChI=1S/C22H28FN3O3S.C22H27FN2O4S/c23-20-11-13-25(17-20)12-4-14-30(28,29)26(21-5-2-1-3-6-21)16-18-7-9-19(10-8-18)22(27)15-24;1-29-22(26)19-10-8-18(9-11-19)16-25(21-6-3-2-4-7-21)30(27,28)15-5-13-24-14-12-20(23)17-24/h1-3,5-10,20H,4,11-17,24H2;2-4,6-11,20H,5,12-17H2,1H3/t2*20-/m00/s1. The van der Waals surface area contributed by atoms with E-state index in [1.54, 1.807) is 97.1 Å². The van der Waals surface area contributed by atoms with Crippen molar-refractivity contribution < 1.29 is 39.9 Å². The van der Waals surface area contributed by atoms with Gasteiger partial charge >= 0.3 is 5.97 Å². The van der Waals surface area contributed by atoms with Gasteiger partial charge in [0.1, 0.15) is 12.3 Å². The highest BCUT2D eigenvalue weighted by molar-refractivity contribution is 7.93. The number of ketones is 1. The van der Waals surface area contributed by atoms with Crippen LogP contribution >= 0.6 is 0 Å². The SMILES string of the molecule is COC(=O)c1ccc(CN(c2ccccc2)S(=O)(=O)CCCN2CC[C@H](F)C2)cc1.NCC(=O)c1ccc(CN(c2ccccc2)S(=O)(=O)CCCN2CC[C@H](F)C2)cc1. The minimum absolute atomic E-state index is 0.0148. The Labute approximate surface area is 353 Å². The van der Waals surface area contributed by atoms with Gasteiger partial charge in [-0.15, -0.1) is 0 Å². The van der Waals surface area contributed by atoms with Crippen LogP contribution in [-0.2, 0) is 37.9 Å². The number of sulfonamides is 2. The number of hydrogen-bond acceptors (Lipinski definition) is 10. The minimum atomic E-state index is -3.59. The van der Waals surface area contributed by atoms with Gasteiger partial charge in [-0.25, -0.2) is 30.4 Å². The third-order valence-corrected chi connectivity index (χ3v) is 14.1. The van der Waals surface area contributed by atoms with Gasteiger partial charge in [0.25, 0.3) is 0 Å². The first-order chi connectivity index (χ1) is 28.8. The van der Waals surface area contributed by atoms with Gasteiger partial charge in [0.2, 0.25) is 20.0 Å². The Balaban J connectivity index is 0.000000228. The molecule has 2 aliphatic rings. The lowest BCUT2D eigenvalue weighted by atomic mass is 10.1. The summed E-state index contributed by atoms with van der Waals surface area (Å²) in [4.78, 5) is 27.3. The Kier molecular flexibility index (Phi) is 17.1. The Morgan fingerprint density at radius 1 is 0.650 bits per heavy atom. The van der Waals surface area contributed by atoms with Crippen molar-refractivity contribution in [3.63, 3.8) is 0 Å². The van der Waals surface area contributed by atoms with Crippen molar-refractivity contribution in [1.82, 2.24) is 9.80 Å². The molecule has 4 aromatic rings. The van der Waals surface area contributed by atoms with E-state index in [9.17, 15) is 35.2 Å². The quantitative estimate of drug-likeness (QED) is 0.0900. The van der Waals surface area contributed by atoms with Crippen LogP contribution in [0.4, 0.5) is 20.2 Å². The molecule has 0 bridgehead atoms. The fourth-order valence-electron chi connectivity index (χ4n) is 7.14. The van der Waals surface area contributed by atoms with E-state index in [-0.39, 0.29) is 36.9 Å². The summed E-state index contributed by atoms with van der Waals surface area (Å²) in [5.41, 5.74) is 9.01. The van der Waals surface area contributed by atoms with Gasteiger partial charge in [-0.3, -0.25) is 13.4 Å². The highest BCUT2D eigenvalue weighted by atomic mass is 32.2. The summed E-state index contributed by atoms with van der Waals surface area (Å²) in [7, 11) is -5.86. The molecule has 2 heterocycles. The van der Waals surface area contributed by atoms with Crippen molar-refractivity contribution in [2.24, 2.45) is 5.73 Å². The summed E-state index contributed by atoms with van der Waals surface area (Å²) in [6.45, 7) is 3.51. The van der Waals surface area contributed by atoms with Crippen LogP contribution in [0.3, 0.4) is 0 Å². The molecule has 16 heteroatoms. The second kappa shape index (κ2) is 22.2. The fraction of sp³-hybridized carbons (Fsp3) is 0.409. The van der Waals surface area contributed by atoms with E-state index in [0.29, 0.717) is 87.5 Å². The zero-order valence-electron chi connectivity index (χ0n) is 33.9. The number of Topliss-reactive ketones (excluding diaryl/α,β-unsaturated/α-hetero) is 1. The van der Waals surface area contributed by atoms with Gasteiger partial charge < -0.3 is 20.3 Å². The molecule has 2 fully saturated rings. The molecule has 2 aliphatic heterocycles. The molecule has 0 unspecified atom stereocenters. The third kappa shape index (κ3) is 13.6. The van der Waals surface area contributed by atoms with E-state index >= 15 is 0 Å². The lowest BCUT2D eigenvalue weighted by Crippen LogP contribution is -2.34. The van der Waals surface area contributed by atoms with Crippen molar-refractivity contribution in [2.45, 2.75) is 51.1 Å². The largest absolute Gasteiger partial charge is 0.465 e. The summed E-state index contributed by atoms with van der Waals surface area (Å²) in [5.74, 6) is -0.632. The monoisotopic (exact) mass is 867 g/mol. The van der Waals surface area contributed by atoms with E-state index in [2.05, 4.69) is 0 Å². The molecule has 324 valence electrons. The van der Waals surface area contributed by atoms with E-state index in [1.165, 1.54) is 15.7 Å². The average Bonchev–Trinajstić information content (AvgIpc) is 3.88. The maximum Gasteiger partial charge on any atom is 0.337 e. The molecule has 0 amide bonds. The number of nitrogens with zero attached hydrogens (tertiary/aromatic N) is 4. The van der Waals surface area contributed by atoms with Crippen LogP contribution in [0.1, 0.15) is 57.5 Å². The van der Waals surface area contributed by atoms with Crippen LogP contribution in [0.15, 0.2) is 109 Å². The summed E-state index contributed by atoms with van der Waals surface area (Å²) in [5, 5.41) is 0. The number of para-hydroxylation sites is 2. The van der Waals surface area contributed by atoms with E-state index in [1.807, 2.05) is 21.9 Å². The van der Waals surface area contributed by atoms with Crippen LogP contribution in [-0.4, -0.2) is 115 Å². The van der Waals surface area contributed by atoms with Crippen LogP contribution < -0.4 is 14.3 Å². The molecule has 2 saturated heterocycles. The number of nitrogens with two attached hydrogens (primary N) is 1. The Hall–Kier alpha value is -4.74. The zero-order chi connectivity index (χ0) is 43.1. The molecule has 6 rings (SSSR count). The molecule has 60 heavy (non-hydrogen) atoms. The first kappa shape index (κ1) is 46.3. The van der Waals surface area contributed by atoms with Crippen LogP contribution in [0.2, 0.25) is 0 Å². The fourth-order valence-corrected chi connectivity index (χ4v) is 10.1. The molecule has 4 aromatic carbocycles. The third-order valence-electron chi connectivity index (χ3n) is 10.4. The number of hydrogen-bond donors (Lipinski definition) is 1. The number of methoxy groups -OCH3 is 1. The van der Waals surface area contributed by atoms with Crippen molar-refractivity contribution in [3.8, 4) is 0 Å². The number of esters is 1. The molecule has 0 radical (unpaired) electrons. The highest BCUT2D eigenvalue weighted by Gasteiger charge is 2.27. The lowest BCUT2D eigenvalue weighted by molar-refractivity contribution is 0.0600. The van der Waals surface area contributed by atoms with Crippen molar-refractivity contribution >= 4 is 43.2 Å².